The molecule has 0 saturated carbocycles. The number of ether oxygens (including phenoxy) is 1. The number of nitrogens with one attached hydrogen (secondary N) is 1. The Kier molecular flexibility index (Phi) is 9.05. The number of nitriles is 1. The Morgan fingerprint density at radius 3 is 2.59 bits per heavy atom. The van der Waals surface area contributed by atoms with Gasteiger partial charge in [0.25, 0.3) is 5.56 Å². The third-order valence-electron chi connectivity index (χ3n) is 7.07. The second-order valence-corrected chi connectivity index (χ2v) is 11.7. The zero-order valence-electron chi connectivity index (χ0n) is 21.1. The number of nitrogens with zero attached hydrogens (tertiary/aromatic N) is 5. The maximum atomic E-state index is 14.4. The number of benzene rings is 1. The van der Waals surface area contributed by atoms with Crippen LogP contribution in [0.25, 0.3) is 0 Å². The van der Waals surface area contributed by atoms with E-state index in [0.29, 0.717) is 18.4 Å². The van der Waals surface area contributed by atoms with E-state index < -0.39 is 39.9 Å². The summed E-state index contributed by atoms with van der Waals surface area (Å²) in [4.78, 5) is 13.0. The predicted octanol–water partition coefficient (Wildman–Crippen LogP) is 3.75. The second kappa shape index (κ2) is 12.1. The minimum Gasteiger partial charge on any atom is -0.381 e. The lowest BCUT2D eigenvalue weighted by molar-refractivity contribution is 0.0496. The van der Waals surface area contributed by atoms with Gasteiger partial charge in [0, 0.05) is 31.7 Å². The molecule has 2 aliphatic heterocycles. The Hall–Kier alpha value is -2.86. The fourth-order valence-electron chi connectivity index (χ4n) is 4.86. The van der Waals surface area contributed by atoms with Gasteiger partial charge >= 0.3 is 16.8 Å². The molecule has 2 aliphatic rings. The van der Waals surface area contributed by atoms with Crippen LogP contribution in [-0.4, -0.2) is 61.4 Å². The molecule has 0 amide bonds. The summed E-state index contributed by atoms with van der Waals surface area (Å²) in [6.07, 6.45) is 3.57. The molecule has 0 bridgehead atoms. The van der Waals surface area contributed by atoms with Crippen molar-refractivity contribution in [1.29, 1.82) is 5.26 Å². The summed E-state index contributed by atoms with van der Waals surface area (Å²) in [5, 5.41) is 16.3. The molecular formula is C24H28ClF3N6O4S. The first kappa shape index (κ1) is 29.1. The van der Waals surface area contributed by atoms with Crippen LogP contribution in [0.3, 0.4) is 0 Å². The average Bonchev–Trinajstić information content (AvgIpc) is 2.92. The summed E-state index contributed by atoms with van der Waals surface area (Å²) in [5.74, 6) is -1.01. The van der Waals surface area contributed by atoms with Crippen LogP contribution in [0.5, 0.6) is 0 Å². The quantitative estimate of drug-likeness (QED) is 0.466. The highest BCUT2D eigenvalue weighted by molar-refractivity contribution is 7.90. The predicted molar refractivity (Wildman–Crippen MR) is 138 cm³/mol. The SMILES string of the molecule is C[C@H](Nc1cnn(C2CCN(S(=O)(=O)N(c3ccc(C#N)cc3F)C(F)F)CC2)c(=O)c1Cl)[C@H]1CCCOC1. The van der Waals surface area contributed by atoms with E-state index in [9.17, 15) is 26.4 Å². The molecule has 2 aromatic rings. The number of aromatic nitrogens is 2. The van der Waals surface area contributed by atoms with Gasteiger partial charge in [-0.2, -0.15) is 36.2 Å². The van der Waals surface area contributed by atoms with Crippen LogP contribution in [0.15, 0.2) is 29.2 Å². The fourth-order valence-corrected chi connectivity index (χ4v) is 6.56. The molecular weight excluding hydrogens is 561 g/mol. The minimum absolute atomic E-state index is 0.00739. The molecule has 2 saturated heterocycles. The van der Waals surface area contributed by atoms with Crippen molar-refractivity contribution < 1.29 is 26.3 Å². The van der Waals surface area contributed by atoms with E-state index in [1.165, 1.54) is 10.9 Å². The first-order valence-electron chi connectivity index (χ1n) is 12.4. The second-order valence-electron chi connectivity index (χ2n) is 9.52. The molecule has 39 heavy (non-hydrogen) atoms. The van der Waals surface area contributed by atoms with Crippen molar-refractivity contribution in [2.75, 3.05) is 35.9 Å². The largest absolute Gasteiger partial charge is 0.381 e. The number of rotatable bonds is 8. The molecule has 4 rings (SSSR count). The van der Waals surface area contributed by atoms with Crippen LogP contribution in [-0.2, 0) is 14.9 Å². The monoisotopic (exact) mass is 588 g/mol. The van der Waals surface area contributed by atoms with E-state index in [0.717, 1.165) is 35.9 Å². The van der Waals surface area contributed by atoms with Gasteiger partial charge in [-0.3, -0.25) is 4.79 Å². The zero-order valence-corrected chi connectivity index (χ0v) is 22.6. The third-order valence-corrected chi connectivity index (χ3v) is 9.30. The minimum atomic E-state index is -4.83. The van der Waals surface area contributed by atoms with Gasteiger partial charge in [-0.25, -0.2) is 9.07 Å². The van der Waals surface area contributed by atoms with Crippen molar-refractivity contribution in [2.24, 2.45) is 5.92 Å². The number of halogens is 4. The van der Waals surface area contributed by atoms with Crippen LogP contribution in [0, 0.1) is 23.1 Å². The number of alkyl halides is 2. The van der Waals surface area contributed by atoms with Gasteiger partial charge in [0.15, 0.2) is 0 Å². The Morgan fingerprint density at radius 2 is 2.00 bits per heavy atom. The summed E-state index contributed by atoms with van der Waals surface area (Å²) < 4.78 is 75.6. The highest BCUT2D eigenvalue weighted by Gasteiger charge is 2.39. The van der Waals surface area contributed by atoms with Crippen molar-refractivity contribution in [3.05, 3.63) is 51.2 Å². The molecule has 0 spiro atoms. The lowest BCUT2D eigenvalue weighted by atomic mass is 9.95. The Labute approximate surface area is 229 Å². The van der Waals surface area contributed by atoms with Crippen molar-refractivity contribution in [3.8, 4) is 6.07 Å². The topological polar surface area (TPSA) is 121 Å². The van der Waals surface area contributed by atoms with E-state index in [4.69, 9.17) is 21.6 Å². The van der Waals surface area contributed by atoms with Gasteiger partial charge < -0.3 is 10.1 Å². The molecule has 15 heteroatoms. The molecule has 212 valence electrons. The number of hydrogen-bond acceptors (Lipinski definition) is 7. The molecule has 2 fully saturated rings. The normalized spacial score (nSPS) is 20.0. The standard InChI is InChI=1S/C24H28ClF3N6O4S/c1-15(17-3-2-10-38-14-17)31-20-13-30-33(23(35)22(20)25)18-6-8-32(9-7-18)39(36,37)34(24(27)28)21-5-4-16(12-29)11-19(21)26/h4-5,11,13,15,17-18,24,31H,2-3,6-10,14H2,1H3/t15-,17-/m0/s1. The Bertz CT molecular complexity index is 1390. The highest BCUT2D eigenvalue weighted by atomic mass is 35.5. The van der Waals surface area contributed by atoms with Crippen molar-refractivity contribution in [3.63, 3.8) is 0 Å². The molecule has 0 unspecified atom stereocenters. The van der Waals surface area contributed by atoms with E-state index in [1.54, 1.807) is 6.07 Å². The lowest BCUT2D eigenvalue weighted by Crippen LogP contribution is -2.50. The van der Waals surface area contributed by atoms with Crippen LogP contribution in [0.2, 0.25) is 5.02 Å². The smallest absolute Gasteiger partial charge is 0.329 e. The maximum absolute atomic E-state index is 14.4. The van der Waals surface area contributed by atoms with Crippen molar-refractivity contribution in [2.45, 2.75) is 51.2 Å². The average molecular weight is 589 g/mol. The van der Waals surface area contributed by atoms with Gasteiger partial charge in [-0.15, -0.1) is 0 Å². The van der Waals surface area contributed by atoms with Gasteiger partial charge in [0.2, 0.25) is 0 Å². The van der Waals surface area contributed by atoms with Crippen LogP contribution in [0.4, 0.5) is 24.5 Å². The van der Waals surface area contributed by atoms with E-state index in [1.807, 2.05) is 6.92 Å². The Morgan fingerprint density at radius 1 is 1.28 bits per heavy atom. The lowest BCUT2D eigenvalue weighted by Gasteiger charge is -2.35. The van der Waals surface area contributed by atoms with Crippen LogP contribution in [0.1, 0.15) is 44.2 Å². The summed E-state index contributed by atoms with van der Waals surface area (Å²) >= 11 is 6.36. The highest BCUT2D eigenvalue weighted by Crippen LogP contribution is 2.32. The maximum Gasteiger partial charge on any atom is 0.329 e. The van der Waals surface area contributed by atoms with Gasteiger partial charge in [0.1, 0.15) is 10.8 Å². The zero-order chi connectivity index (χ0) is 28.3. The number of piperidine rings is 1. The third kappa shape index (κ3) is 6.16. The van der Waals surface area contributed by atoms with Crippen LogP contribution < -0.4 is 15.2 Å². The van der Waals surface area contributed by atoms with E-state index in [-0.39, 0.29) is 52.8 Å². The van der Waals surface area contributed by atoms with Crippen molar-refractivity contribution in [1.82, 2.24) is 14.1 Å². The van der Waals surface area contributed by atoms with Crippen LogP contribution >= 0.6 is 11.6 Å². The number of anilines is 2. The fraction of sp³-hybridized carbons (Fsp3) is 0.542. The first-order valence-corrected chi connectivity index (χ1v) is 14.2. The molecule has 0 radical (unpaired) electrons. The summed E-state index contributed by atoms with van der Waals surface area (Å²) in [6.45, 7) is -0.672. The Balaban J connectivity index is 1.47. The summed E-state index contributed by atoms with van der Waals surface area (Å²) in [5.41, 5.74) is -1.18. The molecule has 0 aliphatic carbocycles. The number of hydrogen-bond donors (Lipinski definition) is 1. The summed E-state index contributed by atoms with van der Waals surface area (Å²) in [7, 11) is -4.83. The molecule has 1 aromatic carbocycles. The van der Waals surface area contributed by atoms with Gasteiger partial charge in [-0.1, -0.05) is 11.6 Å². The van der Waals surface area contributed by atoms with E-state index in [2.05, 4.69) is 10.4 Å². The molecule has 2 atom stereocenters. The van der Waals surface area contributed by atoms with Gasteiger partial charge in [-0.05, 0) is 50.8 Å². The molecule has 10 nitrogen and oxygen atoms in total. The summed E-state index contributed by atoms with van der Waals surface area (Å²) in [6, 6.07) is 3.71. The molecule has 3 heterocycles. The van der Waals surface area contributed by atoms with E-state index >= 15 is 0 Å². The molecule has 1 N–H and O–H groups in total. The molecule has 1 aromatic heterocycles. The first-order chi connectivity index (χ1) is 18.5. The van der Waals surface area contributed by atoms with Gasteiger partial charge in [0.05, 0.1) is 41.9 Å². The van der Waals surface area contributed by atoms with Crippen molar-refractivity contribution >= 4 is 33.2 Å².